The molecule has 2 unspecified atom stereocenters. The van der Waals surface area contributed by atoms with Crippen LogP contribution in [0.1, 0.15) is 25.8 Å². The van der Waals surface area contributed by atoms with E-state index in [9.17, 15) is 14.4 Å². The number of alkyl carbamates (subject to hydrolysis) is 1. The highest BCUT2D eigenvalue weighted by Gasteiger charge is 2.39. The van der Waals surface area contributed by atoms with Crippen molar-refractivity contribution in [3.63, 3.8) is 0 Å². The Hall–Kier alpha value is -2.06. The number of hydrogen-bond acceptors (Lipinski definition) is 7. The van der Waals surface area contributed by atoms with Crippen molar-refractivity contribution < 1.29 is 23.9 Å². The van der Waals surface area contributed by atoms with Crippen molar-refractivity contribution >= 4 is 29.6 Å². The van der Waals surface area contributed by atoms with Gasteiger partial charge in [0.15, 0.2) is 5.78 Å². The molecule has 0 saturated carbocycles. The summed E-state index contributed by atoms with van der Waals surface area (Å²) in [6.45, 7) is 3.99. The fourth-order valence-electron chi connectivity index (χ4n) is 2.70. The van der Waals surface area contributed by atoms with Crippen LogP contribution in [0.5, 0.6) is 0 Å². The highest BCUT2D eigenvalue weighted by molar-refractivity contribution is 8.00. The number of methoxy groups -OCH3 is 1. The van der Waals surface area contributed by atoms with Gasteiger partial charge in [0.25, 0.3) is 0 Å². The van der Waals surface area contributed by atoms with Gasteiger partial charge in [0.2, 0.25) is 0 Å². The molecule has 0 aromatic heterocycles. The Bertz CT molecular complexity index is 655. The third-order valence-corrected chi connectivity index (χ3v) is 5.76. The van der Waals surface area contributed by atoms with E-state index >= 15 is 0 Å². The molecule has 1 saturated heterocycles. The summed E-state index contributed by atoms with van der Waals surface area (Å²) in [7, 11) is 1.32. The summed E-state index contributed by atoms with van der Waals surface area (Å²) in [5.41, 5.74) is 0.869. The number of hydrogen-bond donors (Lipinski definition) is 2. The van der Waals surface area contributed by atoms with Crippen LogP contribution < -0.4 is 10.6 Å². The van der Waals surface area contributed by atoms with Crippen molar-refractivity contribution in [3.05, 3.63) is 35.9 Å². The van der Waals surface area contributed by atoms with Gasteiger partial charge in [-0.2, -0.15) is 0 Å². The van der Waals surface area contributed by atoms with Gasteiger partial charge in [0.05, 0.1) is 13.2 Å². The number of amides is 1. The number of ether oxygens (including phenoxy) is 2. The first-order chi connectivity index (χ1) is 13.0. The van der Waals surface area contributed by atoms with E-state index in [4.69, 9.17) is 9.47 Å². The van der Waals surface area contributed by atoms with Crippen LogP contribution in [-0.2, 0) is 25.7 Å². The third kappa shape index (κ3) is 5.97. The fraction of sp³-hybridized carbons (Fsp3) is 0.526. The number of nitrogens with one attached hydrogen (secondary N) is 2. The molecule has 2 N–H and O–H groups in total. The lowest BCUT2D eigenvalue weighted by molar-refractivity contribution is -0.142. The van der Waals surface area contributed by atoms with Crippen molar-refractivity contribution in [2.75, 3.05) is 12.9 Å². The minimum Gasteiger partial charge on any atom is -0.468 e. The maximum absolute atomic E-state index is 12.9. The molecule has 1 heterocycles. The number of thioether (sulfide) groups is 1. The molecule has 7 nitrogen and oxygen atoms in total. The Morgan fingerprint density at radius 2 is 2.00 bits per heavy atom. The summed E-state index contributed by atoms with van der Waals surface area (Å²) in [4.78, 5) is 36.7. The fourth-order valence-corrected chi connectivity index (χ4v) is 3.89. The largest absolute Gasteiger partial charge is 0.468 e. The van der Waals surface area contributed by atoms with E-state index in [1.807, 2.05) is 44.2 Å². The first-order valence-corrected chi connectivity index (χ1v) is 9.97. The molecule has 4 atom stereocenters. The lowest BCUT2D eigenvalue weighted by Crippen LogP contribution is -2.52. The highest BCUT2D eigenvalue weighted by Crippen LogP contribution is 2.23. The van der Waals surface area contributed by atoms with Crippen LogP contribution >= 0.6 is 11.8 Å². The van der Waals surface area contributed by atoms with E-state index in [1.165, 1.54) is 18.9 Å². The average molecular weight is 394 g/mol. The van der Waals surface area contributed by atoms with Gasteiger partial charge in [-0.3, -0.25) is 14.9 Å². The third-order valence-electron chi connectivity index (χ3n) is 4.53. The van der Waals surface area contributed by atoms with E-state index in [2.05, 4.69) is 10.6 Å². The monoisotopic (exact) mass is 394 g/mol. The van der Waals surface area contributed by atoms with Gasteiger partial charge in [0, 0.05) is 5.75 Å². The molecule has 1 fully saturated rings. The van der Waals surface area contributed by atoms with Gasteiger partial charge in [-0.15, -0.1) is 11.8 Å². The topological polar surface area (TPSA) is 93.7 Å². The molecule has 1 amide bonds. The summed E-state index contributed by atoms with van der Waals surface area (Å²) in [5.74, 6) is -0.179. The van der Waals surface area contributed by atoms with E-state index in [0.29, 0.717) is 12.2 Å². The van der Waals surface area contributed by atoms with E-state index in [-0.39, 0.29) is 18.3 Å². The lowest BCUT2D eigenvalue weighted by Gasteiger charge is -2.25. The van der Waals surface area contributed by atoms with Crippen LogP contribution in [0.2, 0.25) is 0 Å². The SMILES string of the molecule is CC[C@H](C)[C@H](NC(=O)OCc1ccccc1)C(=O)C1NC(C(=O)OC)CS1. The molecule has 0 bridgehead atoms. The molecular formula is C19H26N2O5S. The molecule has 2 rings (SSSR count). The number of carbonyl (C=O) groups is 3. The van der Waals surface area contributed by atoms with Gasteiger partial charge in [0.1, 0.15) is 18.0 Å². The van der Waals surface area contributed by atoms with Gasteiger partial charge >= 0.3 is 12.1 Å². The first-order valence-electron chi connectivity index (χ1n) is 8.92. The zero-order chi connectivity index (χ0) is 19.8. The molecule has 1 aliphatic rings. The van der Waals surface area contributed by atoms with Gasteiger partial charge in [-0.05, 0) is 11.5 Å². The Labute approximate surface area is 163 Å². The highest BCUT2D eigenvalue weighted by atomic mass is 32.2. The molecule has 0 radical (unpaired) electrons. The number of esters is 1. The molecule has 8 heteroatoms. The maximum atomic E-state index is 12.9. The summed E-state index contributed by atoms with van der Waals surface area (Å²) in [5, 5.41) is 5.10. The van der Waals surface area contributed by atoms with Crippen molar-refractivity contribution in [2.45, 2.75) is 44.3 Å². The Kier molecular flexibility index (Phi) is 8.12. The smallest absolute Gasteiger partial charge is 0.408 e. The molecule has 0 spiro atoms. The summed E-state index contributed by atoms with van der Waals surface area (Å²) >= 11 is 1.34. The van der Waals surface area contributed by atoms with Crippen molar-refractivity contribution in [3.8, 4) is 0 Å². The average Bonchev–Trinajstić information content (AvgIpc) is 3.19. The van der Waals surface area contributed by atoms with Crippen molar-refractivity contribution in [1.29, 1.82) is 0 Å². The second kappa shape index (κ2) is 10.3. The quantitative estimate of drug-likeness (QED) is 0.652. The minimum absolute atomic E-state index is 0.0682. The second-order valence-electron chi connectivity index (χ2n) is 6.43. The summed E-state index contributed by atoms with van der Waals surface area (Å²) in [6, 6.07) is 8.12. The summed E-state index contributed by atoms with van der Waals surface area (Å²) in [6.07, 6.45) is 0.0812. The molecular weight excluding hydrogens is 368 g/mol. The van der Waals surface area contributed by atoms with Crippen LogP contribution in [0.3, 0.4) is 0 Å². The Balaban J connectivity index is 1.95. The van der Waals surface area contributed by atoms with Crippen LogP contribution in [0, 0.1) is 5.92 Å². The molecule has 0 aliphatic carbocycles. The van der Waals surface area contributed by atoms with E-state index in [1.54, 1.807) is 0 Å². The van der Waals surface area contributed by atoms with Gasteiger partial charge < -0.3 is 14.8 Å². The van der Waals surface area contributed by atoms with Crippen LogP contribution in [-0.4, -0.2) is 48.2 Å². The predicted molar refractivity (Wildman–Crippen MR) is 103 cm³/mol. The summed E-state index contributed by atoms with van der Waals surface area (Å²) < 4.78 is 9.95. The first kappa shape index (κ1) is 21.2. The molecule has 148 valence electrons. The molecule has 1 aromatic carbocycles. The normalized spacial score (nSPS) is 21.1. The Morgan fingerprint density at radius 1 is 1.30 bits per heavy atom. The van der Waals surface area contributed by atoms with Crippen LogP contribution in [0.4, 0.5) is 4.79 Å². The minimum atomic E-state index is -0.695. The number of carbonyl (C=O) groups excluding carboxylic acids is 3. The van der Waals surface area contributed by atoms with Gasteiger partial charge in [-0.25, -0.2) is 4.79 Å². The zero-order valence-corrected chi connectivity index (χ0v) is 16.6. The standard InChI is InChI=1S/C19H26N2O5S/c1-4-12(2)15(16(22)17-20-14(11-27-17)18(23)25-3)21-19(24)26-10-13-8-6-5-7-9-13/h5-9,12,14-15,17,20H,4,10-11H2,1-3H3,(H,21,24)/t12-,14?,15-,17?/m0/s1. The van der Waals surface area contributed by atoms with E-state index < -0.39 is 29.5 Å². The maximum Gasteiger partial charge on any atom is 0.408 e. The molecule has 1 aromatic rings. The number of Topliss-reactive ketones (excluding diaryl/α,β-unsaturated/α-hetero) is 1. The van der Waals surface area contributed by atoms with Crippen LogP contribution in [0.25, 0.3) is 0 Å². The number of benzene rings is 1. The van der Waals surface area contributed by atoms with Gasteiger partial charge in [-0.1, -0.05) is 50.6 Å². The van der Waals surface area contributed by atoms with Crippen LogP contribution in [0.15, 0.2) is 30.3 Å². The van der Waals surface area contributed by atoms with E-state index in [0.717, 1.165) is 5.56 Å². The molecule has 1 aliphatic heterocycles. The Morgan fingerprint density at radius 3 is 2.63 bits per heavy atom. The molecule has 27 heavy (non-hydrogen) atoms. The number of rotatable bonds is 8. The predicted octanol–water partition coefficient (Wildman–Crippen LogP) is 2.10. The zero-order valence-electron chi connectivity index (χ0n) is 15.8. The van der Waals surface area contributed by atoms with Crippen molar-refractivity contribution in [1.82, 2.24) is 10.6 Å². The lowest BCUT2D eigenvalue weighted by atomic mass is 9.95. The second-order valence-corrected chi connectivity index (χ2v) is 7.57. The van der Waals surface area contributed by atoms with Crippen molar-refractivity contribution in [2.24, 2.45) is 5.92 Å². The number of ketones is 1.